The van der Waals surface area contributed by atoms with Gasteiger partial charge in [0, 0.05) is 11.1 Å². The van der Waals surface area contributed by atoms with Crippen LogP contribution in [0.25, 0.3) is 28.1 Å². The van der Waals surface area contributed by atoms with Crippen molar-refractivity contribution in [3.63, 3.8) is 0 Å². The summed E-state index contributed by atoms with van der Waals surface area (Å²) in [5, 5.41) is 9.44. The topological polar surface area (TPSA) is 87.2 Å². The molecule has 1 heterocycles. The van der Waals surface area contributed by atoms with Gasteiger partial charge in [-0.25, -0.2) is 27.0 Å². The average molecular weight is 455 g/mol. The van der Waals surface area contributed by atoms with Crippen molar-refractivity contribution in [3.05, 3.63) is 84.6 Å². The highest BCUT2D eigenvalue weighted by Crippen LogP contribution is 2.41. The molecule has 0 saturated heterocycles. The second-order valence-electron chi connectivity index (χ2n) is 6.95. The van der Waals surface area contributed by atoms with Gasteiger partial charge in [0.2, 0.25) is 10.0 Å². The minimum atomic E-state index is -3.90. The van der Waals surface area contributed by atoms with Crippen LogP contribution in [0.15, 0.2) is 83.8 Å². The summed E-state index contributed by atoms with van der Waals surface area (Å²) >= 11 is 0. The Balaban J connectivity index is 2.02. The van der Waals surface area contributed by atoms with Gasteiger partial charge in [-0.05, 0) is 42.0 Å². The Hall–Kier alpha value is -3.56. The molecule has 0 atom stereocenters. The monoisotopic (exact) mass is 455 g/mol. The van der Waals surface area contributed by atoms with E-state index in [1.165, 1.54) is 36.1 Å². The van der Waals surface area contributed by atoms with E-state index in [0.29, 0.717) is 28.3 Å². The first-order chi connectivity index (χ1) is 15.3. The van der Waals surface area contributed by atoms with Gasteiger partial charge in [0.15, 0.2) is 0 Å². The third-order valence-corrected chi connectivity index (χ3v) is 5.88. The second-order valence-corrected chi connectivity index (χ2v) is 8.52. The molecule has 0 fully saturated rings. The van der Waals surface area contributed by atoms with E-state index < -0.39 is 16.4 Å². The van der Waals surface area contributed by atoms with Crippen molar-refractivity contribution in [2.24, 2.45) is 5.14 Å². The molecule has 0 amide bonds. The molecule has 0 unspecified atom stereocenters. The Morgan fingerprint density at radius 3 is 2.03 bits per heavy atom. The third kappa shape index (κ3) is 4.12. The SMILES string of the molecule is COc1ccc(-c2c(C(F)F)nn(-c3ccccc3)c2-c2ccc(S(N)(=O)=O)cc2)cc1. The molecule has 0 bridgehead atoms. The third-order valence-electron chi connectivity index (χ3n) is 4.95. The number of nitrogens with two attached hydrogens (primary N) is 1. The number of ether oxygens (including phenoxy) is 1. The Labute approximate surface area is 183 Å². The van der Waals surface area contributed by atoms with Crippen LogP contribution < -0.4 is 9.88 Å². The van der Waals surface area contributed by atoms with Crippen LogP contribution in [-0.4, -0.2) is 25.3 Å². The van der Waals surface area contributed by atoms with Crippen LogP contribution in [0.1, 0.15) is 12.1 Å². The number of hydrogen-bond acceptors (Lipinski definition) is 4. The smallest absolute Gasteiger partial charge is 0.282 e. The standard InChI is InChI=1S/C23H19F2N3O3S/c1-31-18-11-7-15(8-12-18)20-21(23(24)25)27-28(17-5-3-2-4-6-17)22(20)16-9-13-19(14-10-16)32(26,29)30/h2-14,23H,1H3,(H2,26,29,30). The lowest BCUT2D eigenvalue weighted by atomic mass is 9.98. The van der Waals surface area contributed by atoms with Crippen LogP contribution in [-0.2, 0) is 10.0 Å². The molecule has 3 aromatic carbocycles. The first-order valence-corrected chi connectivity index (χ1v) is 11.1. The number of alkyl halides is 2. The molecule has 0 saturated carbocycles. The highest BCUT2D eigenvalue weighted by Gasteiger charge is 2.27. The summed E-state index contributed by atoms with van der Waals surface area (Å²) in [6.45, 7) is 0. The summed E-state index contributed by atoms with van der Waals surface area (Å²) < 4.78 is 58.2. The molecule has 164 valence electrons. The van der Waals surface area contributed by atoms with Gasteiger partial charge in [0.1, 0.15) is 11.4 Å². The molecule has 6 nitrogen and oxygen atoms in total. The number of primary sulfonamides is 1. The van der Waals surface area contributed by atoms with Crippen LogP contribution >= 0.6 is 0 Å². The normalized spacial score (nSPS) is 11.7. The second kappa shape index (κ2) is 8.52. The fourth-order valence-electron chi connectivity index (χ4n) is 3.46. The van der Waals surface area contributed by atoms with Gasteiger partial charge in [0.05, 0.1) is 23.4 Å². The lowest BCUT2D eigenvalue weighted by molar-refractivity contribution is 0.146. The van der Waals surface area contributed by atoms with Crippen molar-refractivity contribution in [1.82, 2.24) is 9.78 Å². The maximum Gasteiger partial charge on any atom is 0.282 e. The summed E-state index contributed by atoms with van der Waals surface area (Å²) in [5.41, 5.74) is 1.87. The minimum absolute atomic E-state index is 0.0768. The molecule has 4 aromatic rings. The van der Waals surface area contributed by atoms with Crippen LogP contribution in [0.3, 0.4) is 0 Å². The predicted octanol–water partition coefficient (Wildman–Crippen LogP) is 4.80. The zero-order valence-corrected chi connectivity index (χ0v) is 17.8. The Morgan fingerprint density at radius 1 is 0.906 bits per heavy atom. The van der Waals surface area contributed by atoms with Crippen LogP contribution in [0.2, 0.25) is 0 Å². The van der Waals surface area contributed by atoms with Crippen molar-refractivity contribution < 1.29 is 21.9 Å². The molecular formula is C23H19F2N3O3S. The lowest BCUT2D eigenvalue weighted by Gasteiger charge is -2.12. The number of sulfonamides is 1. The molecule has 0 spiro atoms. The largest absolute Gasteiger partial charge is 0.497 e. The van der Waals surface area contributed by atoms with E-state index in [2.05, 4.69) is 5.10 Å². The van der Waals surface area contributed by atoms with E-state index in [4.69, 9.17) is 9.88 Å². The predicted molar refractivity (Wildman–Crippen MR) is 117 cm³/mol. The zero-order valence-electron chi connectivity index (χ0n) is 16.9. The van der Waals surface area contributed by atoms with Gasteiger partial charge < -0.3 is 4.74 Å². The number of para-hydroxylation sites is 1. The minimum Gasteiger partial charge on any atom is -0.497 e. The molecule has 1 aromatic heterocycles. The number of aromatic nitrogens is 2. The Bertz CT molecular complexity index is 1340. The summed E-state index contributed by atoms with van der Waals surface area (Å²) in [4.78, 5) is -0.0768. The fraction of sp³-hybridized carbons (Fsp3) is 0.0870. The van der Waals surface area contributed by atoms with Gasteiger partial charge in [-0.1, -0.05) is 42.5 Å². The summed E-state index contributed by atoms with van der Waals surface area (Å²) in [7, 11) is -2.38. The van der Waals surface area contributed by atoms with E-state index in [9.17, 15) is 17.2 Å². The molecular weight excluding hydrogens is 436 g/mol. The highest BCUT2D eigenvalue weighted by molar-refractivity contribution is 7.89. The van der Waals surface area contributed by atoms with Gasteiger partial charge in [-0.15, -0.1) is 0 Å². The van der Waals surface area contributed by atoms with Crippen molar-refractivity contribution in [2.75, 3.05) is 7.11 Å². The van der Waals surface area contributed by atoms with E-state index in [1.807, 2.05) is 6.07 Å². The van der Waals surface area contributed by atoms with Gasteiger partial charge in [-0.2, -0.15) is 5.10 Å². The van der Waals surface area contributed by atoms with Crippen molar-refractivity contribution >= 4 is 10.0 Å². The first kappa shape index (κ1) is 21.7. The maximum absolute atomic E-state index is 14.1. The lowest BCUT2D eigenvalue weighted by Crippen LogP contribution is -2.11. The van der Waals surface area contributed by atoms with Crippen molar-refractivity contribution in [3.8, 4) is 33.8 Å². The summed E-state index contributed by atoms with van der Waals surface area (Å²) in [6, 6.07) is 21.3. The molecule has 4 rings (SSSR count). The van der Waals surface area contributed by atoms with Gasteiger partial charge >= 0.3 is 0 Å². The molecule has 32 heavy (non-hydrogen) atoms. The van der Waals surface area contributed by atoms with Crippen LogP contribution in [0.4, 0.5) is 8.78 Å². The highest BCUT2D eigenvalue weighted by atomic mass is 32.2. The molecule has 0 aliphatic heterocycles. The summed E-state index contributed by atoms with van der Waals surface area (Å²) in [5.74, 6) is 0.585. The number of rotatable bonds is 6. The molecule has 0 aliphatic carbocycles. The zero-order chi connectivity index (χ0) is 22.9. The molecule has 0 radical (unpaired) electrons. The van der Waals surface area contributed by atoms with Gasteiger partial charge in [-0.3, -0.25) is 0 Å². The molecule has 2 N–H and O–H groups in total. The quantitative estimate of drug-likeness (QED) is 0.452. The Kier molecular flexibility index (Phi) is 5.77. The van der Waals surface area contributed by atoms with Crippen molar-refractivity contribution in [1.29, 1.82) is 0 Å². The number of halogens is 2. The molecule has 0 aliphatic rings. The van der Waals surface area contributed by atoms with E-state index in [-0.39, 0.29) is 16.2 Å². The average Bonchev–Trinajstić information content (AvgIpc) is 3.20. The van der Waals surface area contributed by atoms with Gasteiger partial charge in [0.25, 0.3) is 6.43 Å². The van der Waals surface area contributed by atoms with Crippen LogP contribution in [0.5, 0.6) is 5.75 Å². The first-order valence-electron chi connectivity index (χ1n) is 9.53. The fourth-order valence-corrected chi connectivity index (χ4v) is 3.97. The number of hydrogen-bond donors (Lipinski definition) is 1. The Morgan fingerprint density at radius 2 is 1.50 bits per heavy atom. The summed E-state index contributed by atoms with van der Waals surface area (Å²) in [6.07, 6.45) is -2.83. The number of nitrogens with zero attached hydrogens (tertiary/aromatic N) is 2. The van der Waals surface area contributed by atoms with E-state index in [1.54, 1.807) is 48.5 Å². The number of benzene rings is 3. The number of methoxy groups -OCH3 is 1. The van der Waals surface area contributed by atoms with Crippen molar-refractivity contribution in [2.45, 2.75) is 11.3 Å². The van der Waals surface area contributed by atoms with Crippen LogP contribution in [0, 0.1) is 0 Å². The van der Waals surface area contributed by atoms with E-state index in [0.717, 1.165) is 0 Å². The maximum atomic E-state index is 14.1. The molecule has 9 heteroatoms. The van der Waals surface area contributed by atoms with E-state index >= 15 is 0 Å².